The normalized spacial score (nSPS) is 38.4. The number of cyclic esters (lactones) is 1. The van der Waals surface area contributed by atoms with E-state index in [1.807, 2.05) is 6.92 Å². The van der Waals surface area contributed by atoms with Crippen LogP contribution in [0.4, 0.5) is 0 Å². The fourth-order valence-electron chi connectivity index (χ4n) is 16.1. The molecule has 0 radical (unpaired) electrons. The molecule has 2 aliphatic heterocycles. The number of esters is 4. The summed E-state index contributed by atoms with van der Waals surface area (Å²) in [7, 11) is 0. The molecule has 17 atom stereocenters. The second-order valence-electron chi connectivity index (χ2n) is 24.3. The molecule has 14 N–H and O–H groups in total. The summed E-state index contributed by atoms with van der Waals surface area (Å²) >= 11 is 0. The monoisotopic (exact) mass is 1120 g/mol. The Hall–Kier alpha value is -6.76. The fraction of sp³-hybridized carbons (Fsp3) is 0.579. The van der Waals surface area contributed by atoms with Crippen molar-refractivity contribution < 1.29 is 114 Å². The number of aromatic hydroxyl groups is 9. The Kier molecular flexibility index (Phi) is 13.8. The van der Waals surface area contributed by atoms with Gasteiger partial charge in [-0.25, -0.2) is 14.4 Å². The van der Waals surface area contributed by atoms with Crippen molar-refractivity contribution in [2.45, 2.75) is 129 Å². The lowest BCUT2D eigenvalue weighted by molar-refractivity contribution is -0.298. The number of aliphatic hydroxyl groups is 5. The van der Waals surface area contributed by atoms with Crippen molar-refractivity contribution >= 4 is 23.9 Å². The highest BCUT2D eigenvalue weighted by Crippen LogP contribution is 2.76. The molecule has 1 saturated heterocycles. The first kappa shape index (κ1) is 56.5. The van der Waals surface area contributed by atoms with Gasteiger partial charge in [-0.15, -0.1) is 0 Å². The van der Waals surface area contributed by atoms with Crippen LogP contribution < -0.4 is 0 Å². The molecule has 5 aliphatic carbocycles. The second-order valence-corrected chi connectivity index (χ2v) is 24.3. The standard InChI is InChI=1S/C57H68O23/c1-22-8-11-56(52(75)80-51-46(71)45(70)42(67)33(19-58)78-51)13-12-54(4)27(38(56)23(22)2)6-7-34-53(3)18-32(63)47-57(35(53)9-10-55(34,54)5,20-76-48(72)24-14-28(59)39(64)29(60)15-24)21-77-49(73)25-16-30(61)40(65)43(68)36(25)37-26(50(74)79-47)17-31(62)41(66)44(37)69/h6,14-17,22-23,32-35,38,42,45-47,51,58-71H,7-13,18-21H2,1-5H3/t22-,23+,32-,33-,34+,35-,38+,42-,45+,46-,47+,51+,53-,54-,55-,56+,57+/m1/s1. The Bertz CT molecular complexity index is 3080. The first-order chi connectivity index (χ1) is 37.5. The van der Waals surface area contributed by atoms with E-state index in [4.69, 9.17) is 23.7 Å². The number of phenolic OH excluding ortho intramolecular Hbond substituents is 9. The second kappa shape index (κ2) is 19.5. The molecule has 0 spiro atoms. The fourth-order valence-corrected chi connectivity index (χ4v) is 16.1. The third-order valence-electron chi connectivity index (χ3n) is 20.7. The zero-order valence-corrected chi connectivity index (χ0v) is 44.5. The van der Waals surface area contributed by atoms with Crippen LogP contribution >= 0.6 is 0 Å². The summed E-state index contributed by atoms with van der Waals surface area (Å²) in [6.07, 6.45) is -7.01. The van der Waals surface area contributed by atoms with Crippen LogP contribution in [-0.2, 0) is 28.5 Å². The van der Waals surface area contributed by atoms with Crippen molar-refractivity contribution in [3.63, 3.8) is 0 Å². The Morgan fingerprint density at radius 1 is 0.700 bits per heavy atom. The van der Waals surface area contributed by atoms with Gasteiger partial charge in [0.25, 0.3) is 0 Å². The zero-order valence-electron chi connectivity index (χ0n) is 44.5. The van der Waals surface area contributed by atoms with Gasteiger partial charge in [-0.05, 0) is 121 Å². The summed E-state index contributed by atoms with van der Waals surface area (Å²) in [5, 5.41) is 152. The van der Waals surface area contributed by atoms with Gasteiger partial charge in [0.2, 0.25) is 17.8 Å². The average molecular weight is 1120 g/mol. The van der Waals surface area contributed by atoms with Gasteiger partial charge in [0, 0.05) is 11.1 Å². The maximum absolute atomic E-state index is 14.9. The Labute approximate surface area is 457 Å². The molecule has 23 nitrogen and oxygen atoms in total. The number of hydrogen-bond donors (Lipinski definition) is 14. The summed E-state index contributed by atoms with van der Waals surface area (Å²) in [6, 6.07) is 2.95. The van der Waals surface area contributed by atoms with E-state index in [2.05, 4.69) is 33.8 Å². The van der Waals surface area contributed by atoms with Gasteiger partial charge in [0.05, 0.1) is 40.2 Å². The molecule has 4 saturated carbocycles. The third kappa shape index (κ3) is 8.03. The zero-order chi connectivity index (χ0) is 58.2. The Morgan fingerprint density at radius 3 is 1.91 bits per heavy atom. The molecule has 23 heteroatoms. The predicted octanol–water partition coefficient (Wildman–Crippen LogP) is 4.19. The Balaban J connectivity index is 1.09. The number of benzene rings is 3. The Morgan fingerprint density at radius 2 is 1.30 bits per heavy atom. The number of fused-ring (bicyclic) bond motifs is 12. The summed E-state index contributed by atoms with van der Waals surface area (Å²) in [4.78, 5) is 58.7. The SMILES string of the molecule is C[C@H]1[C@H](C)CC[C@]2(C(=O)O[C@@H]3O[C@H](CO)[C@@H](O)[C@H](O)[C@H]3O)CC[C@]3(C)C(=CC[C@H]4[C@@]5(C)C[C@@H](O)[C@@H]6OC(=O)c7cc(O)c(O)c(O)c7-c7c(cc(O)c(O)c7O)C(=O)OC[C@@]6(COC(=O)c6cc(O)c(O)c(O)c6)[C@@H]5CC[C@]43C)[C@H]12. The van der Waals surface area contributed by atoms with Crippen molar-refractivity contribution in [1.82, 2.24) is 0 Å². The lowest BCUT2D eigenvalue weighted by Crippen LogP contribution is -2.70. The minimum atomic E-state index is -1.98. The molecular formula is C57H68O23. The van der Waals surface area contributed by atoms with Crippen LogP contribution in [0.15, 0.2) is 35.9 Å². The largest absolute Gasteiger partial charge is 0.504 e. The summed E-state index contributed by atoms with van der Waals surface area (Å²) in [6.45, 7) is 8.06. The van der Waals surface area contributed by atoms with Crippen molar-refractivity contribution in [2.24, 2.45) is 56.7 Å². The molecule has 5 fully saturated rings. The molecule has 80 heavy (non-hydrogen) atoms. The molecule has 3 aromatic rings. The molecule has 7 aliphatic rings. The van der Waals surface area contributed by atoms with E-state index in [0.29, 0.717) is 50.7 Å². The number of carbonyl (C=O) groups is 4. The molecule has 10 rings (SSSR count). The van der Waals surface area contributed by atoms with Gasteiger partial charge >= 0.3 is 23.9 Å². The van der Waals surface area contributed by atoms with Crippen molar-refractivity contribution in [3.8, 4) is 62.9 Å². The number of allylic oxidation sites excluding steroid dienone is 2. The minimum absolute atomic E-state index is 0.0936. The highest BCUT2D eigenvalue weighted by molar-refractivity contribution is 6.08. The summed E-state index contributed by atoms with van der Waals surface area (Å²) < 4.78 is 30.1. The van der Waals surface area contributed by atoms with E-state index in [9.17, 15) is 90.7 Å². The number of aliphatic hydroxyl groups excluding tert-OH is 5. The van der Waals surface area contributed by atoms with Gasteiger partial charge in [0.1, 0.15) is 43.7 Å². The topological polar surface area (TPSA) is 398 Å². The average Bonchev–Trinajstić information content (AvgIpc) is 2.23. The highest BCUT2D eigenvalue weighted by atomic mass is 16.7. The number of carbonyl (C=O) groups excluding carboxylic acids is 4. The lowest BCUT2D eigenvalue weighted by atomic mass is 9.33. The van der Waals surface area contributed by atoms with Crippen LogP contribution in [0.2, 0.25) is 0 Å². The van der Waals surface area contributed by atoms with Crippen LogP contribution in [-0.4, -0.2) is 158 Å². The molecule has 0 bridgehead atoms. The maximum Gasteiger partial charge on any atom is 0.339 e. The van der Waals surface area contributed by atoms with E-state index >= 15 is 0 Å². The number of ether oxygens (including phenoxy) is 5. The molecule has 0 amide bonds. The summed E-state index contributed by atoms with van der Waals surface area (Å²) in [5.41, 5.74) is -8.29. The smallest absolute Gasteiger partial charge is 0.339 e. The molecule has 2 heterocycles. The van der Waals surface area contributed by atoms with Crippen molar-refractivity contribution in [1.29, 1.82) is 0 Å². The van der Waals surface area contributed by atoms with Gasteiger partial charge in [-0.3, -0.25) is 4.79 Å². The molecule has 0 unspecified atom stereocenters. The molecule has 434 valence electrons. The van der Waals surface area contributed by atoms with Crippen molar-refractivity contribution in [3.05, 3.63) is 52.6 Å². The van der Waals surface area contributed by atoms with E-state index in [1.54, 1.807) is 0 Å². The van der Waals surface area contributed by atoms with Crippen molar-refractivity contribution in [2.75, 3.05) is 19.8 Å². The van der Waals surface area contributed by atoms with Crippen LogP contribution in [0, 0.1) is 56.7 Å². The predicted molar refractivity (Wildman–Crippen MR) is 272 cm³/mol. The first-order valence-corrected chi connectivity index (χ1v) is 26.8. The van der Waals surface area contributed by atoms with Gasteiger partial charge in [-0.1, -0.05) is 46.3 Å². The number of hydrogen-bond acceptors (Lipinski definition) is 23. The van der Waals surface area contributed by atoms with Crippen LogP contribution in [0.3, 0.4) is 0 Å². The number of phenols is 9. The third-order valence-corrected chi connectivity index (χ3v) is 20.7. The molecule has 3 aromatic carbocycles. The molecular weight excluding hydrogens is 1050 g/mol. The summed E-state index contributed by atoms with van der Waals surface area (Å²) in [5.74, 6) is -16.1. The van der Waals surface area contributed by atoms with E-state index in [1.165, 1.54) is 0 Å². The van der Waals surface area contributed by atoms with Crippen LogP contribution in [0.25, 0.3) is 11.1 Å². The van der Waals surface area contributed by atoms with Gasteiger partial charge < -0.3 is 95.2 Å². The highest BCUT2D eigenvalue weighted by Gasteiger charge is 2.73. The molecule has 0 aromatic heterocycles. The van der Waals surface area contributed by atoms with Crippen LogP contribution in [0.5, 0.6) is 51.7 Å². The first-order valence-electron chi connectivity index (χ1n) is 26.8. The van der Waals surface area contributed by atoms with Crippen LogP contribution in [0.1, 0.15) is 117 Å². The van der Waals surface area contributed by atoms with Gasteiger partial charge in [-0.2, -0.15) is 0 Å². The van der Waals surface area contributed by atoms with Gasteiger partial charge in [0.15, 0.2) is 40.2 Å². The van der Waals surface area contributed by atoms with E-state index in [0.717, 1.165) is 17.7 Å². The lowest BCUT2D eigenvalue weighted by Gasteiger charge is -2.72. The van der Waals surface area contributed by atoms with E-state index < -0.39 is 205 Å². The van der Waals surface area contributed by atoms with E-state index in [-0.39, 0.29) is 30.6 Å². The number of rotatable bonds is 6. The quantitative estimate of drug-likeness (QED) is 0.0712. The minimum Gasteiger partial charge on any atom is -0.504 e. The maximum atomic E-state index is 14.9.